The van der Waals surface area contributed by atoms with Crippen LogP contribution in [0.25, 0.3) is 5.65 Å². The normalized spacial score (nSPS) is 16.4. The molecule has 1 amide bonds. The maximum atomic E-state index is 12.3. The van der Waals surface area contributed by atoms with Crippen LogP contribution in [0.5, 0.6) is 0 Å². The summed E-state index contributed by atoms with van der Waals surface area (Å²) in [5.41, 5.74) is 3.22. The minimum absolute atomic E-state index is 0.00605. The summed E-state index contributed by atoms with van der Waals surface area (Å²) in [5.74, 6) is 0.120. The van der Waals surface area contributed by atoms with Gasteiger partial charge in [-0.2, -0.15) is 0 Å². The molecule has 2 aromatic heterocycles. The number of hydrogen-bond acceptors (Lipinski definition) is 3. The molecule has 1 aliphatic heterocycles. The number of fused-ring (bicyclic) bond motifs is 2. The quantitative estimate of drug-likeness (QED) is 0.803. The first-order valence-electron chi connectivity index (χ1n) is 7.74. The van der Waals surface area contributed by atoms with Gasteiger partial charge in [0.05, 0.1) is 10.9 Å². The predicted molar refractivity (Wildman–Crippen MR) is 91.7 cm³/mol. The van der Waals surface area contributed by atoms with Crippen molar-refractivity contribution in [1.82, 2.24) is 14.7 Å². The first-order valence-corrected chi connectivity index (χ1v) is 8.62. The highest BCUT2D eigenvalue weighted by molar-refractivity contribution is 8.01. The van der Waals surface area contributed by atoms with Gasteiger partial charge in [-0.3, -0.25) is 4.79 Å². The van der Waals surface area contributed by atoms with Gasteiger partial charge in [0.1, 0.15) is 5.65 Å². The highest BCUT2D eigenvalue weighted by Crippen LogP contribution is 2.36. The molecule has 0 bridgehead atoms. The average Bonchev–Trinajstić information content (AvgIpc) is 3.18. The minimum atomic E-state index is -0.00605. The van der Waals surface area contributed by atoms with Crippen molar-refractivity contribution in [2.75, 3.05) is 6.54 Å². The zero-order valence-corrected chi connectivity index (χ0v) is 13.4. The average molecular weight is 323 g/mol. The van der Waals surface area contributed by atoms with Crippen molar-refractivity contribution in [3.63, 3.8) is 0 Å². The van der Waals surface area contributed by atoms with E-state index in [0.717, 1.165) is 24.2 Å². The number of nitrogens with zero attached hydrogens (tertiary/aromatic N) is 2. The van der Waals surface area contributed by atoms with Gasteiger partial charge in [-0.05, 0) is 30.2 Å². The molecule has 23 heavy (non-hydrogen) atoms. The summed E-state index contributed by atoms with van der Waals surface area (Å²) in [7, 11) is 0. The number of aromatic nitrogens is 2. The molecule has 0 saturated heterocycles. The molecule has 1 aromatic carbocycles. The molecule has 4 rings (SSSR count). The van der Waals surface area contributed by atoms with E-state index >= 15 is 0 Å². The Morgan fingerprint density at radius 3 is 3.00 bits per heavy atom. The molecule has 4 nitrogen and oxygen atoms in total. The monoisotopic (exact) mass is 323 g/mol. The Balaban J connectivity index is 1.32. The second-order valence-corrected chi connectivity index (χ2v) is 6.90. The topological polar surface area (TPSA) is 46.4 Å². The van der Waals surface area contributed by atoms with Crippen molar-refractivity contribution >= 4 is 23.3 Å². The summed E-state index contributed by atoms with van der Waals surface area (Å²) in [6.45, 7) is 0.621. The molecule has 5 heteroatoms. The fourth-order valence-electron chi connectivity index (χ4n) is 2.86. The Morgan fingerprint density at radius 1 is 1.26 bits per heavy atom. The SMILES string of the molecule is O=C(NCCc1cn2ccccc2n1)C1Cc2ccccc2S1. The second kappa shape index (κ2) is 6.08. The van der Waals surface area contributed by atoms with Crippen molar-refractivity contribution in [3.05, 3.63) is 66.1 Å². The van der Waals surface area contributed by atoms with Crippen molar-refractivity contribution in [3.8, 4) is 0 Å². The van der Waals surface area contributed by atoms with Gasteiger partial charge in [0.2, 0.25) is 5.91 Å². The highest BCUT2D eigenvalue weighted by atomic mass is 32.2. The molecule has 1 N–H and O–H groups in total. The number of carbonyl (C=O) groups is 1. The van der Waals surface area contributed by atoms with Crippen LogP contribution in [-0.4, -0.2) is 27.1 Å². The Hall–Kier alpha value is -2.27. The lowest BCUT2D eigenvalue weighted by Gasteiger charge is -2.09. The predicted octanol–water partition coefficient (Wildman–Crippen LogP) is 2.71. The van der Waals surface area contributed by atoms with E-state index in [-0.39, 0.29) is 11.2 Å². The molecule has 0 aliphatic carbocycles. The number of nitrogens with one attached hydrogen (secondary N) is 1. The van der Waals surface area contributed by atoms with Gasteiger partial charge in [0.15, 0.2) is 0 Å². The summed E-state index contributed by atoms with van der Waals surface area (Å²) < 4.78 is 2.00. The molecule has 3 heterocycles. The summed E-state index contributed by atoms with van der Waals surface area (Å²) in [6.07, 6.45) is 5.57. The summed E-state index contributed by atoms with van der Waals surface area (Å²) in [6, 6.07) is 14.2. The van der Waals surface area contributed by atoms with Crippen LogP contribution in [0.2, 0.25) is 0 Å². The summed E-state index contributed by atoms with van der Waals surface area (Å²) in [4.78, 5) is 18.1. The standard InChI is InChI=1S/C18H17N3OS/c22-18(16-11-13-5-1-2-6-15(13)23-16)19-9-8-14-12-21-10-4-3-7-17(21)20-14/h1-7,10,12,16H,8-9,11H2,(H,19,22). The van der Waals surface area contributed by atoms with Crippen molar-refractivity contribution in [1.29, 1.82) is 0 Å². The Labute approximate surface area is 138 Å². The van der Waals surface area contributed by atoms with Crippen LogP contribution in [0.1, 0.15) is 11.3 Å². The van der Waals surface area contributed by atoms with Crippen molar-refractivity contribution in [2.45, 2.75) is 23.0 Å². The van der Waals surface area contributed by atoms with E-state index in [9.17, 15) is 4.79 Å². The molecule has 0 fully saturated rings. The molecule has 0 spiro atoms. The molecular weight excluding hydrogens is 306 g/mol. The first kappa shape index (κ1) is 14.3. The fourth-order valence-corrected chi connectivity index (χ4v) is 4.08. The second-order valence-electron chi connectivity index (χ2n) is 5.66. The van der Waals surface area contributed by atoms with Crippen LogP contribution in [0.3, 0.4) is 0 Å². The minimum Gasteiger partial charge on any atom is -0.355 e. The van der Waals surface area contributed by atoms with E-state index < -0.39 is 0 Å². The zero-order valence-electron chi connectivity index (χ0n) is 12.6. The van der Waals surface area contributed by atoms with Gasteiger partial charge in [-0.1, -0.05) is 24.3 Å². The number of carbonyl (C=O) groups excluding carboxylic acids is 1. The van der Waals surface area contributed by atoms with Gasteiger partial charge < -0.3 is 9.72 Å². The fraction of sp³-hybridized carbons (Fsp3) is 0.222. The third-order valence-corrected chi connectivity index (χ3v) is 5.35. The van der Waals surface area contributed by atoms with E-state index in [1.807, 2.05) is 47.1 Å². The molecule has 116 valence electrons. The molecule has 1 atom stereocenters. The van der Waals surface area contributed by atoms with E-state index in [4.69, 9.17) is 0 Å². The number of thioether (sulfide) groups is 1. The van der Waals surface area contributed by atoms with Crippen LogP contribution in [0.15, 0.2) is 59.8 Å². The van der Waals surface area contributed by atoms with Crippen LogP contribution >= 0.6 is 11.8 Å². The number of benzene rings is 1. The number of rotatable bonds is 4. The van der Waals surface area contributed by atoms with Crippen LogP contribution in [0.4, 0.5) is 0 Å². The Kier molecular flexibility index (Phi) is 3.79. The molecule has 1 unspecified atom stereocenters. The number of amides is 1. The van der Waals surface area contributed by atoms with E-state index in [1.54, 1.807) is 11.8 Å². The summed E-state index contributed by atoms with van der Waals surface area (Å²) in [5, 5.41) is 3.04. The van der Waals surface area contributed by atoms with E-state index in [2.05, 4.69) is 22.4 Å². The molecule has 1 aliphatic rings. The van der Waals surface area contributed by atoms with Gasteiger partial charge in [0.25, 0.3) is 0 Å². The van der Waals surface area contributed by atoms with Crippen LogP contribution < -0.4 is 5.32 Å². The van der Waals surface area contributed by atoms with Crippen LogP contribution in [0, 0.1) is 0 Å². The number of imidazole rings is 1. The van der Waals surface area contributed by atoms with Crippen molar-refractivity contribution < 1.29 is 4.79 Å². The number of pyridine rings is 1. The van der Waals surface area contributed by atoms with E-state index in [1.165, 1.54) is 10.5 Å². The molecule has 0 radical (unpaired) electrons. The highest BCUT2D eigenvalue weighted by Gasteiger charge is 2.27. The van der Waals surface area contributed by atoms with Gasteiger partial charge in [-0.25, -0.2) is 4.98 Å². The lowest BCUT2D eigenvalue weighted by atomic mass is 10.1. The summed E-state index contributed by atoms with van der Waals surface area (Å²) >= 11 is 1.66. The Morgan fingerprint density at radius 2 is 2.13 bits per heavy atom. The molecule has 3 aromatic rings. The van der Waals surface area contributed by atoms with Gasteiger partial charge in [0, 0.05) is 30.3 Å². The molecule has 0 saturated carbocycles. The third kappa shape index (κ3) is 2.97. The smallest absolute Gasteiger partial charge is 0.233 e. The van der Waals surface area contributed by atoms with Crippen molar-refractivity contribution in [2.24, 2.45) is 0 Å². The third-order valence-electron chi connectivity index (χ3n) is 4.03. The Bertz CT molecular complexity index is 800. The lowest BCUT2D eigenvalue weighted by molar-refractivity contribution is -0.120. The lowest BCUT2D eigenvalue weighted by Crippen LogP contribution is -2.33. The first-order chi connectivity index (χ1) is 11.3. The largest absolute Gasteiger partial charge is 0.355 e. The molecular formula is C18H17N3OS. The van der Waals surface area contributed by atoms with E-state index in [0.29, 0.717) is 6.54 Å². The number of hydrogen-bond donors (Lipinski definition) is 1. The zero-order chi connectivity index (χ0) is 15.6. The van der Waals surface area contributed by atoms with Crippen LogP contribution in [-0.2, 0) is 17.6 Å². The maximum Gasteiger partial charge on any atom is 0.233 e. The van der Waals surface area contributed by atoms with Gasteiger partial charge in [-0.15, -0.1) is 11.8 Å². The maximum absolute atomic E-state index is 12.3. The van der Waals surface area contributed by atoms with Gasteiger partial charge >= 0.3 is 0 Å².